The van der Waals surface area contributed by atoms with Crippen LogP contribution in [0.4, 0.5) is 5.69 Å². The third-order valence-electron chi connectivity index (χ3n) is 6.19. The van der Waals surface area contributed by atoms with Gasteiger partial charge in [-0.3, -0.25) is 4.79 Å². The van der Waals surface area contributed by atoms with Gasteiger partial charge in [-0.25, -0.2) is 8.42 Å². The lowest BCUT2D eigenvalue weighted by Crippen LogP contribution is -2.52. The fourth-order valence-corrected chi connectivity index (χ4v) is 6.98. The van der Waals surface area contributed by atoms with Crippen molar-refractivity contribution in [2.45, 2.75) is 30.9 Å². The van der Waals surface area contributed by atoms with E-state index in [1.165, 1.54) is 32.5 Å². The van der Waals surface area contributed by atoms with Crippen LogP contribution in [0.3, 0.4) is 0 Å². The van der Waals surface area contributed by atoms with E-state index in [9.17, 15) is 13.2 Å². The molecule has 8 heteroatoms. The van der Waals surface area contributed by atoms with Crippen LogP contribution in [0, 0.1) is 19.8 Å². The van der Waals surface area contributed by atoms with E-state index in [0.29, 0.717) is 30.1 Å². The third kappa shape index (κ3) is 4.26. The number of anilines is 1. The zero-order chi connectivity index (χ0) is 21.3. The van der Waals surface area contributed by atoms with Crippen LogP contribution in [0.15, 0.2) is 39.9 Å². The number of thiophene rings is 1. The predicted octanol–water partition coefficient (Wildman–Crippen LogP) is 3.11. The first-order valence-corrected chi connectivity index (χ1v) is 12.8. The van der Waals surface area contributed by atoms with Gasteiger partial charge in [0.1, 0.15) is 4.21 Å². The van der Waals surface area contributed by atoms with E-state index in [1.54, 1.807) is 17.5 Å². The molecule has 6 nitrogen and oxygen atoms in total. The predicted molar refractivity (Wildman–Crippen MR) is 121 cm³/mol. The molecule has 0 N–H and O–H groups in total. The van der Waals surface area contributed by atoms with Gasteiger partial charge in [0.25, 0.3) is 10.0 Å². The molecule has 0 atom stereocenters. The molecule has 0 saturated carbocycles. The molecular formula is C22H29N3O3S2. The van der Waals surface area contributed by atoms with Crippen molar-refractivity contribution in [3.05, 3.63) is 46.8 Å². The number of hydrogen-bond donors (Lipinski definition) is 0. The Hall–Kier alpha value is -1.90. The van der Waals surface area contributed by atoms with Crippen LogP contribution in [0.1, 0.15) is 24.0 Å². The summed E-state index contributed by atoms with van der Waals surface area (Å²) >= 11 is 1.24. The van der Waals surface area contributed by atoms with Gasteiger partial charge in [-0.2, -0.15) is 4.31 Å². The Bertz CT molecular complexity index is 989. The van der Waals surface area contributed by atoms with E-state index in [0.717, 1.165) is 26.2 Å². The number of benzene rings is 1. The maximum absolute atomic E-state index is 13.0. The molecule has 0 aliphatic carbocycles. The zero-order valence-corrected chi connectivity index (χ0v) is 19.2. The molecule has 30 heavy (non-hydrogen) atoms. The summed E-state index contributed by atoms with van der Waals surface area (Å²) in [6.07, 6.45) is 1.20. The van der Waals surface area contributed by atoms with Crippen LogP contribution >= 0.6 is 11.3 Å². The van der Waals surface area contributed by atoms with Crippen molar-refractivity contribution in [1.82, 2.24) is 9.21 Å². The molecule has 2 aromatic rings. The van der Waals surface area contributed by atoms with Gasteiger partial charge in [0.05, 0.1) is 0 Å². The van der Waals surface area contributed by atoms with Crippen molar-refractivity contribution in [3.63, 3.8) is 0 Å². The van der Waals surface area contributed by atoms with Gasteiger partial charge in [0.2, 0.25) is 5.91 Å². The number of nitrogens with zero attached hydrogens (tertiary/aromatic N) is 3. The Kier molecular flexibility index (Phi) is 6.18. The van der Waals surface area contributed by atoms with E-state index in [-0.39, 0.29) is 11.8 Å². The standard InChI is InChI=1S/C22H29N3O3S2/c1-17-5-6-18(2)20(16-17)23-11-13-24(14-12-23)22(26)19-7-9-25(10-8-19)30(27,28)21-4-3-15-29-21/h3-6,15-16,19H,7-14H2,1-2H3. The Morgan fingerprint density at radius 1 is 1.00 bits per heavy atom. The average Bonchev–Trinajstić information content (AvgIpc) is 3.31. The van der Waals surface area contributed by atoms with Gasteiger partial charge in [-0.1, -0.05) is 18.2 Å². The van der Waals surface area contributed by atoms with E-state index in [4.69, 9.17) is 0 Å². The molecule has 1 aromatic heterocycles. The number of aryl methyl sites for hydroxylation is 2. The lowest BCUT2D eigenvalue weighted by molar-refractivity contribution is -0.137. The van der Waals surface area contributed by atoms with Gasteiger partial charge < -0.3 is 9.80 Å². The number of piperidine rings is 1. The normalized spacial score (nSPS) is 19.3. The van der Waals surface area contributed by atoms with Crippen LogP contribution in [-0.2, 0) is 14.8 Å². The van der Waals surface area contributed by atoms with Crippen molar-refractivity contribution in [1.29, 1.82) is 0 Å². The highest BCUT2D eigenvalue weighted by Crippen LogP contribution is 2.28. The topological polar surface area (TPSA) is 60.9 Å². The van der Waals surface area contributed by atoms with E-state index >= 15 is 0 Å². The molecule has 2 saturated heterocycles. The lowest BCUT2D eigenvalue weighted by Gasteiger charge is -2.39. The maximum atomic E-state index is 13.0. The minimum atomic E-state index is -3.42. The summed E-state index contributed by atoms with van der Waals surface area (Å²) in [6, 6.07) is 9.90. The van der Waals surface area contributed by atoms with Crippen molar-refractivity contribution >= 4 is 33.0 Å². The summed E-state index contributed by atoms with van der Waals surface area (Å²) in [5, 5.41) is 1.78. The molecule has 0 bridgehead atoms. The Morgan fingerprint density at radius 3 is 2.33 bits per heavy atom. The van der Waals surface area contributed by atoms with Gasteiger partial charge >= 0.3 is 0 Å². The molecule has 0 radical (unpaired) electrons. The van der Waals surface area contributed by atoms with Crippen molar-refractivity contribution < 1.29 is 13.2 Å². The summed E-state index contributed by atoms with van der Waals surface area (Å²) in [6.45, 7) is 8.18. The smallest absolute Gasteiger partial charge is 0.252 e. The van der Waals surface area contributed by atoms with E-state index < -0.39 is 10.0 Å². The highest BCUT2D eigenvalue weighted by atomic mass is 32.2. The number of carbonyl (C=O) groups is 1. The molecule has 2 fully saturated rings. The molecule has 2 aliphatic rings. The number of hydrogen-bond acceptors (Lipinski definition) is 5. The van der Waals surface area contributed by atoms with Crippen LogP contribution < -0.4 is 4.90 Å². The Labute approximate surface area is 183 Å². The minimum Gasteiger partial charge on any atom is -0.368 e. The van der Waals surface area contributed by atoms with Gasteiger partial charge in [0.15, 0.2) is 0 Å². The molecule has 1 amide bonds. The molecule has 2 aliphatic heterocycles. The largest absolute Gasteiger partial charge is 0.368 e. The lowest BCUT2D eigenvalue weighted by atomic mass is 9.96. The van der Waals surface area contributed by atoms with Crippen LogP contribution in [0.5, 0.6) is 0 Å². The summed E-state index contributed by atoms with van der Waals surface area (Å²) in [7, 11) is -3.42. The van der Waals surface area contributed by atoms with Gasteiger partial charge in [-0.15, -0.1) is 11.3 Å². The van der Waals surface area contributed by atoms with Crippen LogP contribution in [-0.4, -0.2) is 62.8 Å². The summed E-state index contributed by atoms with van der Waals surface area (Å²) in [4.78, 5) is 17.4. The number of piperazine rings is 1. The van der Waals surface area contributed by atoms with Crippen LogP contribution in [0.25, 0.3) is 0 Å². The summed E-state index contributed by atoms with van der Waals surface area (Å²) in [5.74, 6) is 0.107. The summed E-state index contributed by atoms with van der Waals surface area (Å²) in [5.41, 5.74) is 3.77. The second-order valence-corrected chi connectivity index (χ2v) is 11.3. The first-order chi connectivity index (χ1) is 14.4. The quantitative estimate of drug-likeness (QED) is 0.723. The maximum Gasteiger partial charge on any atom is 0.252 e. The van der Waals surface area contributed by atoms with Gasteiger partial charge in [0, 0.05) is 50.9 Å². The van der Waals surface area contributed by atoms with Crippen molar-refractivity contribution in [2.75, 3.05) is 44.2 Å². The number of rotatable bonds is 4. The fourth-order valence-electron chi connectivity index (χ4n) is 4.37. The number of sulfonamides is 1. The molecule has 0 unspecified atom stereocenters. The van der Waals surface area contributed by atoms with E-state index in [2.05, 4.69) is 36.9 Å². The molecule has 0 spiro atoms. The summed E-state index contributed by atoms with van der Waals surface area (Å²) < 4.78 is 27.3. The molecule has 1 aromatic carbocycles. The highest BCUT2D eigenvalue weighted by Gasteiger charge is 2.35. The minimum absolute atomic E-state index is 0.0768. The molecule has 4 rings (SSSR count). The molecule has 3 heterocycles. The van der Waals surface area contributed by atoms with Crippen molar-refractivity contribution in [2.24, 2.45) is 5.92 Å². The third-order valence-corrected chi connectivity index (χ3v) is 9.46. The second kappa shape index (κ2) is 8.69. The second-order valence-electron chi connectivity index (χ2n) is 8.21. The average molecular weight is 448 g/mol. The molecule has 162 valence electrons. The fraction of sp³-hybridized carbons (Fsp3) is 0.500. The van der Waals surface area contributed by atoms with Gasteiger partial charge in [-0.05, 0) is 55.3 Å². The highest BCUT2D eigenvalue weighted by molar-refractivity contribution is 7.91. The van der Waals surface area contributed by atoms with Crippen LogP contribution in [0.2, 0.25) is 0 Å². The monoisotopic (exact) mass is 447 g/mol. The zero-order valence-electron chi connectivity index (χ0n) is 17.6. The number of carbonyl (C=O) groups excluding carboxylic acids is 1. The first kappa shape index (κ1) is 21.3. The number of amides is 1. The van der Waals surface area contributed by atoms with Crippen molar-refractivity contribution in [3.8, 4) is 0 Å². The van der Waals surface area contributed by atoms with E-state index in [1.807, 2.05) is 4.90 Å². The Balaban J connectivity index is 1.32. The SMILES string of the molecule is Cc1ccc(C)c(N2CCN(C(=O)C3CCN(S(=O)(=O)c4cccs4)CC3)CC2)c1. The molecular weight excluding hydrogens is 418 g/mol. The first-order valence-electron chi connectivity index (χ1n) is 10.5. The Morgan fingerprint density at radius 2 is 1.70 bits per heavy atom.